The minimum Gasteiger partial charge on any atom is -0.493 e. The fourth-order valence-electron chi connectivity index (χ4n) is 3.46. The number of carbonyl (C=O) groups excluding carboxylic acids is 1. The van der Waals surface area contributed by atoms with Crippen LogP contribution >= 0.6 is 0 Å². The number of benzene rings is 2. The maximum atomic E-state index is 12.2. The van der Waals surface area contributed by atoms with Crippen LogP contribution in [0.15, 0.2) is 36.4 Å². The lowest BCUT2D eigenvalue weighted by atomic mass is 10.0. The van der Waals surface area contributed by atoms with E-state index >= 15 is 0 Å². The van der Waals surface area contributed by atoms with Crippen molar-refractivity contribution in [1.82, 2.24) is 5.32 Å². The van der Waals surface area contributed by atoms with Crippen molar-refractivity contribution in [3.8, 4) is 28.7 Å². The number of para-hydroxylation sites is 1. The van der Waals surface area contributed by atoms with Crippen molar-refractivity contribution in [3.63, 3.8) is 0 Å². The second-order valence-corrected chi connectivity index (χ2v) is 7.71. The van der Waals surface area contributed by atoms with Gasteiger partial charge >= 0.3 is 0 Å². The van der Waals surface area contributed by atoms with Crippen LogP contribution in [0.2, 0.25) is 0 Å². The van der Waals surface area contributed by atoms with Gasteiger partial charge in [-0.1, -0.05) is 12.1 Å². The highest BCUT2D eigenvalue weighted by Gasteiger charge is 2.32. The number of nitrogens with one attached hydrogen (secondary N) is 1. The van der Waals surface area contributed by atoms with E-state index in [1.165, 1.54) is 6.08 Å². The Kier molecular flexibility index (Phi) is 6.95. The summed E-state index contributed by atoms with van der Waals surface area (Å²) in [6, 6.07) is 9.42. The van der Waals surface area contributed by atoms with Crippen molar-refractivity contribution in [3.05, 3.63) is 47.5 Å². The Morgan fingerprint density at radius 3 is 2.45 bits per heavy atom. The van der Waals surface area contributed by atoms with Gasteiger partial charge in [0.05, 0.1) is 27.9 Å². The third kappa shape index (κ3) is 5.42. The van der Waals surface area contributed by atoms with Gasteiger partial charge in [-0.25, -0.2) is 0 Å². The zero-order valence-corrected chi connectivity index (χ0v) is 18.6. The molecular formula is C24H29NO6. The normalized spacial score (nSPS) is 14.0. The number of hydrogen-bond acceptors (Lipinski definition) is 6. The molecule has 0 saturated carbocycles. The van der Waals surface area contributed by atoms with Crippen LogP contribution in [0.5, 0.6) is 28.7 Å². The molecule has 1 heterocycles. The van der Waals surface area contributed by atoms with Gasteiger partial charge in [-0.05, 0) is 43.7 Å². The molecule has 0 bridgehead atoms. The summed E-state index contributed by atoms with van der Waals surface area (Å²) in [6.45, 7) is 4.81. The van der Waals surface area contributed by atoms with Gasteiger partial charge < -0.3 is 29.0 Å². The lowest BCUT2D eigenvalue weighted by Crippen LogP contribution is -2.26. The van der Waals surface area contributed by atoms with Crippen molar-refractivity contribution >= 4 is 12.0 Å². The van der Waals surface area contributed by atoms with Crippen LogP contribution in [0.4, 0.5) is 0 Å². The van der Waals surface area contributed by atoms with Gasteiger partial charge in [0.15, 0.2) is 23.0 Å². The van der Waals surface area contributed by atoms with Gasteiger partial charge in [0.2, 0.25) is 11.7 Å². The van der Waals surface area contributed by atoms with Crippen molar-refractivity contribution in [2.75, 3.05) is 34.5 Å². The quantitative estimate of drug-likeness (QED) is 0.487. The number of ether oxygens (including phenoxy) is 5. The SMILES string of the molecule is COc1cc(/C=C/C(=O)NCCOc2cccc3c2OC(C)(C)C3)cc(OC)c1OC. The molecule has 0 aromatic heterocycles. The van der Waals surface area contributed by atoms with Crippen molar-refractivity contribution < 1.29 is 28.5 Å². The van der Waals surface area contributed by atoms with Gasteiger partial charge in [0.25, 0.3) is 0 Å². The van der Waals surface area contributed by atoms with Crippen LogP contribution in [0.3, 0.4) is 0 Å². The minimum absolute atomic E-state index is 0.229. The lowest BCUT2D eigenvalue weighted by molar-refractivity contribution is -0.116. The van der Waals surface area contributed by atoms with Crippen LogP contribution in [-0.4, -0.2) is 46.0 Å². The molecule has 31 heavy (non-hydrogen) atoms. The van der Waals surface area contributed by atoms with Gasteiger partial charge in [0.1, 0.15) is 12.2 Å². The number of rotatable bonds is 9. The molecule has 0 fully saturated rings. The molecule has 1 amide bonds. The number of carbonyl (C=O) groups is 1. The Hall–Kier alpha value is -3.35. The first-order valence-electron chi connectivity index (χ1n) is 10.1. The highest BCUT2D eigenvalue weighted by molar-refractivity contribution is 5.91. The number of methoxy groups -OCH3 is 3. The molecule has 0 atom stereocenters. The van der Waals surface area contributed by atoms with Gasteiger partial charge in [-0.3, -0.25) is 4.79 Å². The lowest BCUT2D eigenvalue weighted by Gasteiger charge is -2.18. The molecule has 0 aliphatic carbocycles. The van der Waals surface area contributed by atoms with E-state index in [2.05, 4.69) is 19.2 Å². The summed E-state index contributed by atoms with van der Waals surface area (Å²) in [5.74, 6) is 2.81. The zero-order chi connectivity index (χ0) is 22.4. The zero-order valence-electron chi connectivity index (χ0n) is 18.6. The number of fused-ring (bicyclic) bond motifs is 1. The van der Waals surface area contributed by atoms with Crippen molar-refractivity contribution in [2.24, 2.45) is 0 Å². The van der Waals surface area contributed by atoms with Crippen LogP contribution in [0.25, 0.3) is 6.08 Å². The second kappa shape index (κ2) is 9.64. The van der Waals surface area contributed by atoms with E-state index in [9.17, 15) is 4.79 Å². The molecule has 0 radical (unpaired) electrons. The summed E-state index contributed by atoms with van der Waals surface area (Å²) >= 11 is 0. The van der Waals surface area contributed by atoms with E-state index in [0.29, 0.717) is 36.1 Å². The average Bonchev–Trinajstić information content (AvgIpc) is 3.08. The fourth-order valence-corrected chi connectivity index (χ4v) is 3.46. The molecule has 2 aromatic carbocycles. The summed E-state index contributed by atoms with van der Waals surface area (Å²) in [4.78, 5) is 12.2. The molecule has 7 nitrogen and oxygen atoms in total. The Morgan fingerprint density at radius 2 is 1.81 bits per heavy atom. The molecule has 7 heteroatoms. The monoisotopic (exact) mass is 427 g/mol. The fraction of sp³-hybridized carbons (Fsp3) is 0.375. The largest absolute Gasteiger partial charge is 0.493 e. The second-order valence-electron chi connectivity index (χ2n) is 7.71. The Bertz CT molecular complexity index is 942. The van der Waals surface area contributed by atoms with E-state index in [-0.39, 0.29) is 11.5 Å². The van der Waals surface area contributed by atoms with Crippen LogP contribution in [-0.2, 0) is 11.2 Å². The molecular weight excluding hydrogens is 398 g/mol. The van der Waals surface area contributed by atoms with E-state index in [1.54, 1.807) is 39.5 Å². The maximum Gasteiger partial charge on any atom is 0.244 e. The minimum atomic E-state index is -0.229. The Labute approximate surface area is 182 Å². The predicted molar refractivity (Wildman–Crippen MR) is 118 cm³/mol. The first-order chi connectivity index (χ1) is 14.9. The van der Waals surface area contributed by atoms with E-state index in [4.69, 9.17) is 23.7 Å². The summed E-state index contributed by atoms with van der Waals surface area (Å²) in [6.07, 6.45) is 3.98. The van der Waals surface area contributed by atoms with Gasteiger partial charge in [-0.15, -0.1) is 0 Å². The highest BCUT2D eigenvalue weighted by Crippen LogP contribution is 2.41. The topological polar surface area (TPSA) is 75.3 Å². The summed E-state index contributed by atoms with van der Waals surface area (Å²) in [5.41, 5.74) is 1.66. The maximum absolute atomic E-state index is 12.2. The molecule has 1 aliphatic rings. The van der Waals surface area contributed by atoms with Crippen LogP contribution < -0.4 is 29.0 Å². The first kappa shape index (κ1) is 22.3. The molecule has 3 rings (SSSR count). The first-order valence-corrected chi connectivity index (χ1v) is 10.1. The van der Waals surface area contributed by atoms with Crippen LogP contribution in [0.1, 0.15) is 25.0 Å². The third-order valence-electron chi connectivity index (χ3n) is 4.83. The molecule has 0 saturated heterocycles. The van der Waals surface area contributed by atoms with Crippen molar-refractivity contribution in [2.45, 2.75) is 25.9 Å². The Balaban J connectivity index is 1.53. The molecule has 2 aromatic rings. The van der Waals surface area contributed by atoms with E-state index in [0.717, 1.165) is 23.3 Å². The van der Waals surface area contributed by atoms with E-state index in [1.807, 2.05) is 18.2 Å². The highest BCUT2D eigenvalue weighted by atomic mass is 16.5. The van der Waals surface area contributed by atoms with E-state index < -0.39 is 0 Å². The van der Waals surface area contributed by atoms with Crippen LogP contribution in [0, 0.1) is 0 Å². The van der Waals surface area contributed by atoms with Gasteiger partial charge in [-0.2, -0.15) is 0 Å². The molecule has 0 unspecified atom stereocenters. The van der Waals surface area contributed by atoms with Crippen molar-refractivity contribution in [1.29, 1.82) is 0 Å². The molecule has 0 spiro atoms. The summed E-state index contributed by atoms with van der Waals surface area (Å²) in [7, 11) is 4.64. The molecule has 1 aliphatic heterocycles. The summed E-state index contributed by atoms with van der Waals surface area (Å²) in [5, 5.41) is 2.81. The predicted octanol–water partition coefficient (Wildman–Crippen LogP) is 3.63. The smallest absolute Gasteiger partial charge is 0.244 e. The average molecular weight is 427 g/mol. The molecule has 1 N–H and O–H groups in total. The number of amides is 1. The number of hydrogen-bond donors (Lipinski definition) is 1. The van der Waals surface area contributed by atoms with Gasteiger partial charge in [0, 0.05) is 18.1 Å². The molecule has 166 valence electrons. The third-order valence-corrected chi connectivity index (χ3v) is 4.83. The summed E-state index contributed by atoms with van der Waals surface area (Å²) < 4.78 is 27.8. The standard InChI is InChI=1S/C24H29NO6/c1-24(2)15-17-7-6-8-18(22(17)31-24)30-12-11-25-21(26)10-9-16-13-19(27-3)23(29-5)20(14-16)28-4/h6-10,13-14H,11-12,15H2,1-5H3,(H,25,26)/b10-9+. The Morgan fingerprint density at radius 1 is 1.10 bits per heavy atom.